The Bertz CT molecular complexity index is 868. The maximum absolute atomic E-state index is 11.6. The molecule has 0 N–H and O–H groups in total. The second-order valence-corrected chi connectivity index (χ2v) is 15.3. The van der Waals surface area contributed by atoms with E-state index in [2.05, 4.69) is 69.3 Å². The predicted octanol–water partition coefficient (Wildman–Crippen LogP) is 3.97. The normalized spacial score (nSPS) is 12.5. The number of hydrogen-bond acceptors (Lipinski definition) is 7. The Morgan fingerprint density at radius 1 is 0.605 bits per heavy atom. The van der Waals surface area contributed by atoms with E-state index >= 15 is 0 Å². The van der Waals surface area contributed by atoms with Crippen LogP contribution in [-0.2, 0) is 32.9 Å². The second kappa shape index (κ2) is 16.1. The van der Waals surface area contributed by atoms with Crippen LogP contribution < -0.4 is 10.4 Å². The maximum atomic E-state index is 11.6. The van der Waals surface area contributed by atoms with E-state index in [-0.39, 0.29) is 17.6 Å². The first-order valence-electron chi connectivity index (χ1n) is 13.3. The summed E-state index contributed by atoms with van der Waals surface area (Å²) in [6.07, 6.45) is 0. The van der Waals surface area contributed by atoms with Gasteiger partial charge in [-0.3, -0.25) is 0 Å². The van der Waals surface area contributed by atoms with E-state index in [0.29, 0.717) is 52.9 Å². The first-order valence-corrected chi connectivity index (χ1v) is 15.2. The van der Waals surface area contributed by atoms with Gasteiger partial charge in [0, 0.05) is 0 Å². The molecule has 0 heterocycles. The summed E-state index contributed by atoms with van der Waals surface area (Å²) in [7, 11) is -2.53. The molecule has 0 atom stereocenters. The molecule has 2 rings (SSSR count). The van der Waals surface area contributed by atoms with Crippen LogP contribution in [0.25, 0.3) is 0 Å². The van der Waals surface area contributed by atoms with Gasteiger partial charge in [0.1, 0.15) is 12.2 Å². The summed E-state index contributed by atoms with van der Waals surface area (Å²) in [6.45, 7) is 15.8. The summed E-state index contributed by atoms with van der Waals surface area (Å²) in [4.78, 5) is 11.6. The molecule has 0 fully saturated rings. The molecule has 0 aliphatic rings. The third-order valence-electron chi connectivity index (χ3n) is 5.72. The molecule has 0 spiro atoms. The average molecular weight is 547 g/mol. The fourth-order valence-electron chi connectivity index (χ4n) is 4.20. The lowest BCUT2D eigenvalue weighted by Crippen LogP contribution is -2.66. The van der Waals surface area contributed by atoms with E-state index in [1.54, 1.807) is 0 Å². The molecule has 0 saturated carbocycles. The van der Waals surface area contributed by atoms with Crippen molar-refractivity contribution >= 4 is 24.7 Å². The lowest BCUT2D eigenvalue weighted by Gasteiger charge is -2.43. The zero-order valence-corrected chi connectivity index (χ0v) is 25.0. The summed E-state index contributed by atoms with van der Waals surface area (Å²) in [5.41, 5.74) is -0.506. The third-order valence-corrected chi connectivity index (χ3v) is 10.8. The molecule has 2 aromatic carbocycles. The largest absolute Gasteiger partial charge is 0.458 e. The molecule has 0 aliphatic carbocycles. The number of esters is 1. The van der Waals surface area contributed by atoms with Gasteiger partial charge in [-0.05, 0) is 36.2 Å². The Morgan fingerprint density at radius 3 is 1.39 bits per heavy atom. The molecule has 0 bridgehead atoms. The van der Waals surface area contributed by atoms with Crippen LogP contribution in [0.3, 0.4) is 0 Å². The van der Waals surface area contributed by atoms with Crippen molar-refractivity contribution in [3.63, 3.8) is 0 Å². The Labute approximate surface area is 229 Å². The van der Waals surface area contributed by atoms with E-state index in [9.17, 15) is 4.79 Å². The van der Waals surface area contributed by atoms with Crippen LogP contribution in [0, 0.1) is 0 Å². The van der Waals surface area contributed by atoms with Crippen LogP contribution in [0.4, 0.5) is 0 Å². The maximum Gasteiger partial charge on any atom is 0.332 e. The van der Waals surface area contributed by atoms with Gasteiger partial charge in [0.05, 0.1) is 52.9 Å². The first-order chi connectivity index (χ1) is 18.1. The van der Waals surface area contributed by atoms with Gasteiger partial charge in [0.2, 0.25) is 0 Å². The molecular weight excluding hydrogens is 500 g/mol. The Kier molecular flexibility index (Phi) is 13.6. The number of rotatable bonds is 17. The quantitative estimate of drug-likeness (QED) is 0.169. The van der Waals surface area contributed by atoms with Gasteiger partial charge >= 0.3 is 5.97 Å². The monoisotopic (exact) mass is 546 g/mol. The van der Waals surface area contributed by atoms with Crippen LogP contribution >= 0.6 is 0 Å². The first kappa shape index (κ1) is 32.1. The van der Waals surface area contributed by atoms with Crippen molar-refractivity contribution in [2.75, 3.05) is 59.5 Å². The van der Waals surface area contributed by atoms with Crippen molar-refractivity contribution in [2.24, 2.45) is 0 Å². The highest BCUT2D eigenvalue weighted by atomic mass is 28.4. The lowest BCUT2D eigenvalue weighted by molar-refractivity contribution is -0.160. The number of benzene rings is 2. The molecule has 212 valence electrons. The molecule has 2 aromatic rings. The Balaban J connectivity index is 1.64. The van der Waals surface area contributed by atoms with Gasteiger partial charge in [-0.15, -0.1) is 0 Å². The summed E-state index contributed by atoms with van der Waals surface area (Å²) >= 11 is 0. The number of ether oxygens (including phenoxy) is 5. The fourth-order valence-corrected chi connectivity index (χ4v) is 8.75. The molecule has 0 saturated heterocycles. The van der Waals surface area contributed by atoms with Crippen LogP contribution in [0.2, 0.25) is 5.04 Å². The highest BCUT2D eigenvalue weighted by Gasteiger charge is 2.49. The van der Waals surface area contributed by atoms with Gasteiger partial charge < -0.3 is 28.1 Å². The minimum absolute atomic E-state index is 0.0560. The molecule has 38 heavy (non-hydrogen) atoms. The zero-order chi connectivity index (χ0) is 27.9. The van der Waals surface area contributed by atoms with E-state index in [4.69, 9.17) is 28.1 Å². The van der Waals surface area contributed by atoms with Gasteiger partial charge in [-0.1, -0.05) is 81.4 Å². The second-order valence-electron chi connectivity index (χ2n) is 11.0. The summed E-state index contributed by atoms with van der Waals surface area (Å²) in [5, 5.41) is 2.47. The summed E-state index contributed by atoms with van der Waals surface area (Å²) in [6, 6.07) is 21.2. The van der Waals surface area contributed by atoms with Crippen molar-refractivity contribution in [3.8, 4) is 0 Å². The highest BCUT2D eigenvalue weighted by molar-refractivity contribution is 6.99. The topological polar surface area (TPSA) is 72.5 Å². The Hall–Kier alpha value is -2.07. The van der Waals surface area contributed by atoms with E-state index in [0.717, 1.165) is 0 Å². The van der Waals surface area contributed by atoms with Gasteiger partial charge in [-0.25, -0.2) is 4.79 Å². The third kappa shape index (κ3) is 11.0. The predicted molar refractivity (Wildman–Crippen MR) is 153 cm³/mol. The standard InChI is InChI=1S/C30H46O7Si/c1-29(2,3)37-28(31)25-35-22-21-33-18-17-32-19-20-34-23-24-36-38(30(4,5)6,26-13-9-7-10-14-26)27-15-11-8-12-16-27/h7-16H,17-25H2,1-6H3. The van der Waals surface area contributed by atoms with Crippen molar-refractivity contribution in [3.05, 3.63) is 60.7 Å². The van der Waals surface area contributed by atoms with E-state index in [1.165, 1.54) is 10.4 Å². The molecule has 7 nitrogen and oxygen atoms in total. The zero-order valence-electron chi connectivity index (χ0n) is 24.0. The molecule has 0 aliphatic heterocycles. The molecule has 0 aromatic heterocycles. The van der Waals surface area contributed by atoms with Crippen LogP contribution in [0.5, 0.6) is 0 Å². The molecule has 0 unspecified atom stereocenters. The van der Waals surface area contributed by atoms with Crippen LogP contribution in [-0.4, -0.2) is 79.3 Å². The fraction of sp³-hybridized carbons (Fsp3) is 0.567. The lowest BCUT2D eigenvalue weighted by atomic mass is 10.2. The van der Waals surface area contributed by atoms with Crippen LogP contribution in [0.1, 0.15) is 41.5 Å². The molecule has 0 amide bonds. The molecule has 0 radical (unpaired) electrons. The van der Waals surface area contributed by atoms with Crippen molar-refractivity contribution in [2.45, 2.75) is 52.2 Å². The van der Waals surface area contributed by atoms with Crippen molar-refractivity contribution in [1.82, 2.24) is 0 Å². The molecular formula is C30H46O7Si. The van der Waals surface area contributed by atoms with Gasteiger partial charge in [0.15, 0.2) is 0 Å². The summed E-state index contributed by atoms with van der Waals surface area (Å²) in [5.74, 6) is -0.377. The van der Waals surface area contributed by atoms with Crippen molar-refractivity contribution in [1.29, 1.82) is 0 Å². The van der Waals surface area contributed by atoms with Crippen molar-refractivity contribution < 1.29 is 32.9 Å². The van der Waals surface area contributed by atoms with E-state index < -0.39 is 13.9 Å². The van der Waals surface area contributed by atoms with Crippen LogP contribution in [0.15, 0.2) is 60.7 Å². The highest BCUT2D eigenvalue weighted by Crippen LogP contribution is 2.36. The SMILES string of the molecule is CC(C)(C)OC(=O)COCCOCCOCCOCCO[Si](c1ccccc1)(c1ccccc1)C(C)(C)C. The van der Waals surface area contributed by atoms with E-state index in [1.807, 2.05) is 32.9 Å². The molecule has 8 heteroatoms. The number of carbonyl (C=O) groups is 1. The average Bonchev–Trinajstić information content (AvgIpc) is 2.86. The minimum atomic E-state index is -2.53. The Morgan fingerprint density at radius 2 is 1.00 bits per heavy atom. The van der Waals surface area contributed by atoms with Gasteiger partial charge in [-0.2, -0.15) is 0 Å². The smallest absolute Gasteiger partial charge is 0.332 e. The van der Waals surface area contributed by atoms with Gasteiger partial charge in [0.25, 0.3) is 8.32 Å². The number of carbonyl (C=O) groups excluding carboxylic acids is 1. The summed E-state index contributed by atoms with van der Waals surface area (Å²) < 4.78 is 34.1. The minimum Gasteiger partial charge on any atom is -0.458 e. The number of hydrogen-bond donors (Lipinski definition) is 0.